The zero-order chi connectivity index (χ0) is 15.0. The first kappa shape index (κ1) is 16.5. The zero-order valence-electron chi connectivity index (χ0n) is 14.2. The van der Waals surface area contributed by atoms with E-state index in [0.29, 0.717) is 6.04 Å². The second-order valence-corrected chi connectivity index (χ2v) is 7.55. The maximum atomic E-state index is 3.48. The van der Waals surface area contributed by atoms with Crippen LogP contribution in [0.25, 0.3) is 0 Å². The van der Waals surface area contributed by atoms with Crippen molar-refractivity contribution in [3.8, 4) is 0 Å². The van der Waals surface area contributed by atoms with Crippen LogP contribution in [-0.4, -0.2) is 23.6 Å². The van der Waals surface area contributed by atoms with Crippen molar-refractivity contribution in [2.45, 2.75) is 95.6 Å². The summed E-state index contributed by atoms with van der Waals surface area (Å²) in [6.07, 6.45) is 23.3. The van der Waals surface area contributed by atoms with Crippen molar-refractivity contribution in [3.63, 3.8) is 0 Å². The minimum atomic E-state index is 0.664. The molecule has 0 spiro atoms. The van der Waals surface area contributed by atoms with Crippen molar-refractivity contribution in [3.05, 3.63) is 12.2 Å². The van der Waals surface area contributed by atoms with E-state index >= 15 is 0 Å². The fourth-order valence-corrected chi connectivity index (χ4v) is 4.54. The minimum Gasteiger partial charge on any atom is -0.242 e. The molecule has 0 aromatic rings. The van der Waals surface area contributed by atoms with Gasteiger partial charge in [-0.05, 0) is 38.0 Å². The van der Waals surface area contributed by atoms with Crippen molar-refractivity contribution < 1.29 is 0 Å². The highest BCUT2D eigenvalue weighted by Gasteiger charge is 2.36. The summed E-state index contributed by atoms with van der Waals surface area (Å²) in [6, 6.07) is 1.41. The van der Waals surface area contributed by atoms with Crippen LogP contribution in [0, 0.1) is 5.92 Å². The van der Waals surface area contributed by atoms with Gasteiger partial charge in [0.05, 0.1) is 0 Å². The van der Waals surface area contributed by atoms with Crippen LogP contribution in [-0.2, 0) is 0 Å². The summed E-state index contributed by atoms with van der Waals surface area (Å²) in [6.45, 7) is 1.10. The van der Waals surface area contributed by atoms with E-state index in [1.54, 1.807) is 0 Å². The average Bonchev–Trinajstić information content (AvgIpc) is 2.94. The molecule has 3 nitrogen and oxygen atoms in total. The molecular formula is C19H35N3. The molecule has 2 saturated heterocycles. The van der Waals surface area contributed by atoms with Crippen LogP contribution in [0.2, 0.25) is 0 Å². The lowest BCUT2D eigenvalue weighted by Gasteiger charge is -2.31. The van der Waals surface area contributed by atoms with Gasteiger partial charge in [0.25, 0.3) is 0 Å². The molecule has 2 bridgehead atoms. The summed E-state index contributed by atoms with van der Waals surface area (Å²) >= 11 is 0. The average molecular weight is 306 g/mol. The SMILES string of the molecule is C1=C/C2CCCC(CCCCCCCCCC/1)N1NNCC21. The Morgan fingerprint density at radius 2 is 1.50 bits per heavy atom. The van der Waals surface area contributed by atoms with E-state index in [2.05, 4.69) is 28.1 Å². The third kappa shape index (κ3) is 4.56. The van der Waals surface area contributed by atoms with Crippen molar-refractivity contribution >= 4 is 0 Å². The van der Waals surface area contributed by atoms with Crippen LogP contribution >= 0.6 is 0 Å². The van der Waals surface area contributed by atoms with Crippen LogP contribution in [0.4, 0.5) is 0 Å². The van der Waals surface area contributed by atoms with E-state index in [1.165, 1.54) is 83.5 Å². The summed E-state index contributed by atoms with van der Waals surface area (Å²) in [5.74, 6) is 0.736. The molecule has 2 fully saturated rings. The van der Waals surface area contributed by atoms with Gasteiger partial charge in [0.2, 0.25) is 0 Å². The highest BCUT2D eigenvalue weighted by atomic mass is 15.7. The molecule has 0 aromatic carbocycles. The normalized spacial score (nSPS) is 37.5. The molecule has 3 aliphatic heterocycles. The van der Waals surface area contributed by atoms with Gasteiger partial charge < -0.3 is 0 Å². The molecule has 3 aliphatic rings. The molecule has 2 N–H and O–H groups in total. The van der Waals surface area contributed by atoms with Gasteiger partial charge in [-0.25, -0.2) is 10.4 Å². The van der Waals surface area contributed by atoms with E-state index in [0.717, 1.165) is 18.5 Å². The van der Waals surface area contributed by atoms with Crippen molar-refractivity contribution in [1.82, 2.24) is 16.0 Å². The molecule has 3 heterocycles. The van der Waals surface area contributed by atoms with E-state index in [9.17, 15) is 0 Å². The molecule has 22 heavy (non-hydrogen) atoms. The number of allylic oxidation sites excluding steroid dienone is 1. The summed E-state index contributed by atoms with van der Waals surface area (Å²) in [7, 11) is 0. The van der Waals surface area contributed by atoms with Gasteiger partial charge in [-0.15, -0.1) is 0 Å². The van der Waals surface area contributed by atoms with E-state index in [-0.39, 0.29) is 0 Å². The lowest BCUT2D eigenvalue weighted by Crippen LogP contribution is -2.48. The number of nitrogens with zero attached hydrogens (tertiary/aromatic N) is 1. The third-order valence-electron chi connectivity index (χ3n) is 5.88. The lowest BCUT2D eigenvalue weighted by molar-refractivity contribution is 0.0948. The molecule has 0 aliphatic carbocycles. The molecule has 3 heteroatoms. The Balaban J connectivity index is 1.64. The number of hydrazine groups is 2. The molecule has 0 radical (unpaired) electrons. The standard InChI is InChI=1S/C19H35N3/c1-2-4-6-8-10-14-18-15-11-13-17(12-9-7-5-3-1)19-16-20-21-22(18)19/h9,12,17-21H,1-8,10-11,13-16H2/b12-9+. The topological polar surface area (TPSA) is 27.3 Å². The van der Waals surface area contributed by atoms with Gasteiger partial charge in [0.15, 0.2) is 0 Å². The van der Waals surface area contributed by atoms with Crippen LogP contribution in [0.5, 0.6) is 0 Å². The van der Waals surface area contributed by atoms with Crippen molar-refractivity contribution in [1.29, 1.82) is 0 Å². The van der Waals surface area contributed by atoms with Gasteiger partial charge in [-0.2, -0.15) is 5.53 Å². The van der Waals surface area contributed by atoms with Crippen LogP contribution in [0.15, 0.2) is 12.2 Å². The van der Waals surface area contributed by atoms with E-state index in [1.807, 2.05) is 0 Å². The zero-order valence-corrected chi connectivity index (χ0v) is 14.2. The quantitative estimate of drug-likeness (QED) is 0.653. The first-order valence-corrected chi connectivity index (χ1v) is 9.88. The summed E-state index contributed by atoms with van der Waals surface area (Å²) in [5.41, 5.74) is 6.89. The fraction of sp³-hybridized carbons (Fsp3) is 0.895. The van der Waals surface area contributed by atoms with E-state index < -0.39 is 0 Å². The number of nitrogens with one attached hydrogen (secondary N) is 2. The molecule has 3 unspecified atom stereocenters. The van der Waals surface area contributed by atoms with Gasteiger partial charge in [0.1, 0.15) is 0 Å². The third-order valence-corrected chi connectivity index (χ3v) is 5.88. The van der Waals surface area contributed by atoms with Crippen molar-refractivity contribution in [2.75, 3.05) is 6.54 Å². The smallest absolute Gasteiger partial charge is 0.0461 e. The molecular weight excluding hydrogens is 270 g/mol. The highest BCUT2D eigenvalue weighted by Crippen LogP contribution is 2.30. The van der Waals surface area contributed by atoms with Crippen molar-refractivity contribution in [2.24, 2.45) is 5.92 Å². The van der Waals surface area contributed by atoms with Gasteiger partial charge in [-0.1, -0.05) is 63.5 Å². The Morgan fingerprint density at radius 3 is 2.36 bits per heavy atom. The largest absolute Gasteiger partial charge is 0.242 e. The molecule has 3 atom stereocenters. The second kappa shape index (κ2) is 9.05. The van der Waals surface area contributed by atoms with Crippen LogP contribution in [0.1, 0.15) is 83.5 Å². The molecule has 126 valence electrons. The second-order valence-electron chi connectivity index (χ2n) is 7.55. The Morgan fingerprint density at radius 1 is 0.773 bits per heavy atom. The Bertz CT molecular complexity index is 342. The number of hydrogen-bond acceptors (Lipinski definition) is 3. The Labute approximate surface area is 136 Å². The van der Waals surface area contributed by atoms with Gasteiger partial charge in [0, 0.05) is 18.6 Å². The molecule has 3 rings (SSSR count). The molecule has 0 aromatic heterocycles. The molecule has 0 amide bonds. The maximum Gasteiger partial charge on any atom is 0.0461 e. The first-order chi connectivity index (χ1) is 10.9. The molecule has 0 saturated carbocycles. The minimum absolute atomic E-state index is 0.664. The summed E-state index contributed by atoms with van der Waals surface area (Å²) < 4.78 is 0. The number of hydrogen-bond donors (Lipinski definition) is 2. The lowest BCUT2D eigenvalue weighted by atomic mass is 9.94. The summed E-state index contributed by atoms with van der Waals surface area (Å²) in [4.78, 5) is 0. The van der Waals surface area contributed by atoms with E-state index in [4.69, 9.17) is 0 Å². The highest BCUT2D eigenvalue weighted by molar-refractivity contribution is 4.99. The first-order valence-electron chi connectivity index (χ1n) is 9.88. The Kier molecular flexibility index (Phi) is 6.78. The monoisotopic (exact) mass is 305 g/mol. The van der Waals surface area contributed by atoms with Crippen LogP contribution < -0.4 is 11.0 Å². The van der Waals surface area contributed by atoms with Gasteiger partial charge in [-0.3, -0.25) is 0 Å². The maximum absolute atomic E-state index is 3.48. The predicted molar refractivity (Wildman–Crippen MR) is 93.2 cm³/mol. The summed E-state index contributed by atoms with van der Waals surface area (Å²) in [5, 5.41) is 2.58. The Hall–Kier alpha value is -0.380. The number of rotatable bonds is 0. The van der Waals surface area contributed by atoms with Gasteiger partial charge >= 0.3 is 0 Å². The van der Waals surface area contributed by atoms with Crippen LogP contribution in [0.3, 0.4) is 0 Å². The fourth-order valence-electron chi connectivity index (χ4n) is 4.54. The predicted octanol–water partition coefficient (Wildman–Crippen LogP) is 4.32.